The van der Waals surface area contributed by atoms with E-state index >= 15 is 0 Å². The minimum atomic E-state index is -0.647. The number of thiocarbonyl (C=S) groups is 1. The van der Waals surface area contributed by atoms with Gasteiger partial charge in [-0.05, 0) is 26.0 Å². The number of esters is 1. The number of hydrogen-bond acceptors (Lipinski definition) is 4. The minimum Gasteiger partial charge on any atom is -0.462 e. The molecular formula is C15H15ClN2O3S. The lowest BCUT2D eigenvalue weighted by atomic mass is 10.1. The van der Waals surface area contributed by atoms with Crippen LogP contribution in [0.15, 0.2) is 23.1 Å². The van der Waals surface area contributed by atoms with Crippen LogP contribution >= 0.6 is 23.8 Å². The number of hydrogen-bond donors (Lipinski definition) is 1. The number of fused-ring (bicyclic) bond motifs is 1. The lowest BCUT2D eigenvalue weighted by Gasteiger charge is -2.13. The fourth-order valence-electron chi connectivity index (χ4n) is 2.22. The molecule has 2 aromatic rings. The van der Waals surface area contributed by atoms with Crippen molar-refractivity contribution in [2.75, 3.05) is 6.61 Å². The fourth-order valence-corrected chi connectivity index (χ4v) is 2.71. The zero-order valence-electron chi connectivity index (χ0n) is 12.2. The predicted octanol–water partition coefficient (Wildman–Crippen LogP) is 2.49. The molecule has 2 rings (SSSR count). The zero-order chi connectivity index (χ0) is 16.4. The van der Waals surface area contributed by atoms with Crippen molar-refractivity contribution in [3.63, 3.8) is 0 Å². The van der Waals surface area contributed by atoms with Crippen molar-refractivity contribution >= 4 is 45.7 Å². The third kappa shape index (κ3) is 2.84. The van der Waals surface area contributed by atoms with Crippen molar-refractivity contribution in [2.24, 2.45) is 5.73 Å². The van der Waals surface area contributed by atoms with Gasteiger partial charge in [-0.15, -0.1) is 0 Å². The van der Waals surface area contributed by atoms with Gasteiger partial charge in [0.2, 0.25) is 5.43 Å². The van der Waals surface area contributed by atoms with Crippen molar-refractivity contribution < 1.29 is 9.53 Å². The molecule has 0 bridgehead atoms. The van der Waals surface area contributed by atoms with E-state index in [1.54, 1.807) is 17.6 Å². The van der Waals surface area contributed by atoms with Crippen molar-refractivity contribution in [3.05, 3.63) is 44.7 Å². The molecule has 0 amide bonds. The summed E-state index contributed by atoms with van der Waals surface area (Å²) in [5, 5.41) is 0.609. The van der Waals surface area contributed by atoms with Gasteiger partial charge in [0.05, 0.1) is 17.1 Å². The Kier molecular flexibility index (Phi) is 4.83. The van der Waals surface area contributed by atoms with Crippen LogP contribution in [0.4, 0.5) is 0 Å². The lowest BCUT2D eigenvalue weighted by molar-refractivity contribution is 0.0524. The summed E-state index contributed by atoms with van der Waals surface area (Å²) >= 11 is 11.1. The van der Waals surface area contributed by atoms with E-state index in [4.69, 9.17) is 34.3 Å². The first-order valence-corrected chi connectivity index (χ1v) is 7.52. The van der Waals surface area contributed by atoms with Gasteiger partial charge >= 0.3 is 5.97 Å². The average molecular weight is 339 g/mol. The standard InChI is InChI=1S/C15H15ClN2O3S/c1-3-18-7-10(15(20)21-4-2)13(19)9-5-11(16)8(14(17)22)6-12(9)18/h5-7H,3-4H2,1-2H3,(H2,17,22). The van der Waals surface area contributed by atoms with Gasteiger partial charge in [0.15, 0.2) is 0 Å². The first kappa shape index (κ1) is 16.5. The van der Waals surface area contributed by atoms with Gasteiger partial charge in [0.1, 0.15) is 10.6 Å². The van der Waals surface area contributed by atoms with Crippen molar-refractivity contribution in [1.82, 2.24) is 4.57 Å². The van der Waals surface area contributed by atoms with E-state index in [-0.39, 0.29) is 22.2 Å². The van der Waals surface area contributed by atoms with E-state index in [2.05, 4.69) is 0 Å². The van der Waals surface area contributed by atoms with Crippen LogP contribution in [0.3, 0.4) is 0 Å². The quantitative estimate of drug-likeness (QED) is 0.684. The maximum atomic E-state index is 12.5. The van der Waals surface area contributed by atoms with E-state index in [0.717, 1.165) is 0 Å². The smallest absolute Gasteiger partial charge is 0.343 e. The first-order chi connectivity index (χ1) is 10.4. The Morgan fingerprint density at radius 1 is 1.36 bits per heavy atom. The topological polar surface area (TPSA) is 74.3 Å². The zero-order valence-corrected chi connectivity index (χ0v) is 13.8. The van der Waals surface area contributed by atoms with E-state index in [9.17, 15) is 9.59 Å². The summed E-state index contributed by atoms with van der Waals surface area (Å²) in [7, 11) is 0. The molecule has 0 spiro atoms. The second-order valence-electron chi connectivity index (χ2n) is 4.59. The summed E-state index contributed by atoms with van der Waals surface area (Å²) in [6, 6.07) is 3.16. The van der Waals surface area contributed by atoms with Crippen molar-refractivity contribution in [3.8, 4) is 0 Å². The lowest BCUT2D eigenvalue weighted by Crippen LogP contribution is -2.21. The molecule has 0 saturated carbocycles. The molecule has 0 atom stereocenters. The number of ether oxygens (including phenoxy) is 1. The molecule has 0 fully saturated rings. The Bertz CT molecular complexity index is 830. The van der Waals surface area contributed by atoms with Crippen molar-refractivity contribution in [2.45, 2.75) is 20.4 Å². The highest BCUT2D eigenvalue weighted by molar-refractivity contribution is 7.80. The number of nitrogens with two attached hydrogens (primary N) is 1. The van der Waals surface area contributed by atoms with Gasteiger partial charge in [-0.1, -0.05) is 23.8 Å². The largest absolute Gasteiger partial charge is 0.462 e. The molecule has 0 aliphatic rings. The third-order valence-corrected chi connectivity index (χ3v) is 3.80. The molecule has 1 aromatic carbocycles. The van der Waals surface area contributed by atoms with Gasteiger partial charge in [-0.3, -0.25) is 4.79 Å². The molecule has 2 N–H and O–H groups in total. The maximum absolute atomic E-state index is 12.5. The Labute approximate surface area is 137 Å². The average Bonchev–Trinajstić information content (AvgIpc) is 2.47. The van der Waals surface area contributed by atoms with Gasteiger partial charge in [-0.25, -0.2) is 4.79 Å². The Balaban J connectivity index is 2.84. The second-order valence-corrected chi connectivity index (χ2v) is 5.44. The summed E-state index contributed by atoms with van der Waals surface area (Å²) in [5.74, 6) is -0.647. The third-order valence-electron chi connectivity index (χ3n) is 3.27. The number of aryl methyl sites for hydroxylation is 1. The molecule has 22 heavy (non-hydrogen) atoms. The van der Waals surface area contributed by atoms with Crippen LogP contribution in [-0.2, 0) is 11.3 Å². The van der Waals surface area contributed by atoms with Gasteiger partial charge in [0.25, 0.3) is 0 Å². The molecule has 0 unspecified atom stereocenters. The van der Waals surface area contributed by atoms with Crippen molar-refractivity contribution in [1.29, 1.82) is 0 Å². The molecule has 116 valence electrons. The molecule has 5 nitrogen and oxygen atoms in total. The maximum Gasteiger partial charge on any atom is 0.343 e. The van der Waals surface area contributed by atoms with E-state index in [1.165, 1.54) is 12.3 Å². The monoisotopic (exact) mass is 338 g/mol. The highest BCUT2D eigenvalue weighted by Crippen LogP contribution is 2.23. The van der Waals surface area contributed by atoms with Crippen LogP contribution in [0.25, 0.3) is 10.9 Å². The number of halogens is 1. The number of carbonyl (C=O) groups excluding carboxylic acids is 1. The molecule has 0 radical (unpaired) electrons. The number of nitrogens with zero attached hydrogens (tertiary/aromatic N) is 1. The molecule has 1 heterocycles. The Morgan fingerprint density at radius 2 is 2.05 bits per heavy atom. The highest BCUT2D eigenvalue weighted by Gasteiger charge is 2.18. The predicted molar refractivity (Wildman–Crippen MR) is 90.7 cm³/mol. The second kappa shape index (κ2) is 6.46. The number of benzene rings is 1. The molecule has 0 aliphatic carbocycles. The molecule has 7 heteroatoms. The minimum absolute atomic E-state index is 0.0182. The summed E-state index contributed by atoms with van der Waals surface area (Å²) in [6.07, 6.45) is 1.49. The summed E-state index contributed by atoms with van der Waals surface area (Å²) < 4.78 is 6.69. The van der Waals surface area contributed by atoms with Crippen LogP contribution in [0.5, 0.6) is 0 Å². The normalized spacial score (nSPS) is 10.7. The molecule has 0 saturated heterocycles. The fraction of sp³-hybridized carbons (Fsp3) is 0.267. The van der Waals surface area contributed by atoms with Crippen LogP contribution in [0.1, 0.15) is 29.8 Å². The Morgan fingerprint density at radius 3 is 2.59 bits per heavy atom. The van der Waals surface area contributed by atoms with Gasteiger partial charge in [0, 0.05) is 23.7 Å². The van der Waals surface area contributed by atoms with E-state index in [0.29, 0.717) is 23.0 Å². The first-order valence-electron chi connectivity index (χ1n) is 6.74. The molecular weight excluding hydrogens is 324 g/mol. The Hall–Kier alpha value is -1.92. The molecule has 0 aliphatic heterocycles. The van der Waals surface area contributed by atoms with Crippen LogP contribution in [0, 0.1) is 0 Å². The number of rotatable bonds is 4. The van der Waals surface area contributed by atoms with Gasteiger partial charge < -0.3 is 15.0 Å². The summed E-state index contributed by atoms with van der Waals surface area (Å²) in [5.41, 5.74) is 6.31. The SMILES string of the molecule is CCOC(=O)c1cn(CC)c2cc(C(N)=S)c(Cl)cc2c1=O. The van der Waals surface area contributed by atoms with E-state index < -0.39 is 11.4 Å². The highest BCUT2D eigenvalue weighted by atomic mass is 35.5. The number of aromatic nitrogens is 1. The number of carbonyl (C=O) groups is 1. The van der Waals surface area contributed by atoms with Crippen LogP contribution in [0.2, 0.25) is 5.02 Å². The molecule has 1 aromatic heterocycles. The van der Waals surface area contributed by atoms with Crippen LogP contribution < -0.4 is 11.2 Å². The van der Waals surface area contributed by atoms with E-state index in [1.807, 2.05) is 6.92 Å². The van der Waals surface area contributed by atoms with Crippen LogP contribution in [-0.4, -0.2) is 22.1 Å². The van der Waals surface area contributed by atoms with Gasteiger partial charge in [-0.2, -0.15) is 0 Å². The summed E-state index contributed by atoms with van der Waals surface area (Å²) in [6.45, 7) is 4.34. The number of pyridine rings is 1. The summed E-state index contributed by atoms with van der Waals surface area (Å²) in [4.78, 5) is 24.6.